The predicted octanol–water partition coefficient (Wildman–Crippen LogP) is 3.52. The van der Waals surface area contributed by atoms with Crippen molar-refractivity contribution >= 4 is 17.6 Å². The Balaban J connectivity index is 2.41. The lowest BCUT2D eigenvalue weighted by Gasteiger charge is -2.16. The van der Waals surface area contributed by atoms with Gasteiger partial charge in [0.05, 0.1) is 43.3 Å². The molecule has 1 aromatic carbocycles. The van der Waals surface area contributed by atoms with Crippen LogP contribution in [0.15, 0.2) is 18.3 Å². The monoisotopic (exact) mass is 375 g/mol. The van der Waals surface area contributed by atoms with Gasteiger partial charge in [-0.15, -0.1) is 0 Å². The van der Waals surface area contributed by atoms with Gasteiger partial charge in [-0.3, -0.25) is 9.48 Å². The van der Waals surface area contributed by atoms with Crippen LogP contribution in [0.2, 0.25) is 0 Å². The number of amides is 1. The van der Waals surface area contributed by atoms with Gasteiger partial charge in [0, 0.05) is 5.69 Å². The number of carbonyl (C=O) groups is 2. The predicted molar refractivity (Wildman–Crippen MR) is 101 cm³/mol. The molecule has 1 aromatic heterocycles. The lowest BCUT2D eigenvalue weighted by Crippen LogP contribution is -2.16. The van der Waals surface area contributed by atoms with Gasteiger partial charge in [-0.25, -0.2) is 4.79 Å². The zero-order chi connectivity index (χ0) is 20.1. The molecule has 0 bridgehead atoms. The number of carboxylic acids is 1. The zero-order valence-corrected chi connectivity index (χ0v) is 16.2. The summed E-state index contributed by atoms with van der Waals surface area (Å²) in [4.78, 5) is 24.1. The third-order valence-corrected chi connectivity index (χ3v) is 4.55. The fraction of sp³-hybridized carbons (Fsp3) is 0.421. The van der Waals surface area contributed by atoms with Gasteiger partial charge in [0.1, 0.15) is 0 Å². The number of anilines is 1. The number of methoxy groups -OCH3 is 2. The number of nitrogens with zero attached hydrogens (tertiary/aromatic N) is 2. The van der Waals surface area contributed by atoms with E-state index in [9.17, 15) is 14.7 Å². The largest absolute Gasteiger partial charge is 0.493 e. The molecular weight excluding hydrogens is 350 g/mol. The van der Waals surface area contributed by atoms with Crippen LogP contribution in [0, 0.1) is 6.92 Å². The number of carbonyl (C=O) groups excluding carboxylic acids is 1. The molecule has 2 N–H and O–H groups in total. The lowest BCUT2D eigenvalue weighted by molar-refractivity contribution is 0.0696. The first-order valence-electron chi connectivity index (χ1n) is 8.72. The maximum absolute atomic E-state index is 12.8. The fourth-order valence-electron chi connectivity index (χ4n) is 3.02. The fourth-order valence-corrected chi connectivity index (χ4v) is 3.02. The van der Waals surface area contributed by atoms with Crippen molar-refractivity contribution in [3.8, 4) is 11.5 Å². The number of rotatable bonds is 8. The summed E-state index contributed by atoms with van der Waals surface area (Å²) in [5, 5.41) is 16.3. The highest BCUT2D eigenvalue weighted by Crippen LogP contribution is 2.37. The molecule has 2 aromatic rings. The van der Waals surface area contributed by atoms with Gasteiger partial charge in [0.25, 0.3) is 5.91 Å². The minimum absolute atomic E-state index is 0.0209. The van der Waals surface area contributed by atoms with Crippen LogP contribution >= 0.6 is 0 Å². The van der Waals surface area contributed by atoms with Gasteiger partial charge < -0.3 is 19.9 Å². The van der Waals surface area contributed by atoms with Crippen LogP contribution in [-0.4, -0.2) is 41.0 Å². The molecule has 0 saturated heterocycles. The highest BCUT2D eigenvalue weighted by molar-refractivity contribution is 6.06. The van der Waals surface area contributed by atoms with E-state index in [0.717, 1.165) is 18.5 Å². The average Bonchev–Trinajstić information content (AvgIpc) is 3.03. The Labute approximate surface area is 158 Å². The van der Waals surface area contributed by atoms with Gasteiger partial charge in [0.15, 0.2) is 11.5 Å². The van der Waals surface area contributed by atoms with Crippen LogP contribution in [0.25, 0.3) is 0 Å². The Morgan fingerprint density at radius 3 is 2.41 bits per heavy atom. The second-order valence-electron chi connectivity index (χ2n) is 6.08. The van der Waals surface area contributed by atoms with Crippen LogP contribution in [0.5, 0.6) is 11.5 Å². The first kappa shape index (κ1) is 20.3. The quantitative estimate of drug-likeness (QED) is 0.732. The lowest BCUT2D eigenvalue weighted by atomic mass is 10.1. The van der Waals surface area contributed by atoms with Crippen molar-refractivity contribution < 1.29 is 24.2 Å². The molecule has 0 unspecified atom stereocenters. The minimum atomic E-state index is -1.14. The van der Waals surface area contributed by atoms with Crippen LogP contribution in [0.3, 0.4) is 0 Å². The summed E-state index contributed by atoms with van der Waals surface area (Å²) in [6.07, 6.45) is 3.34. The third kappa shape index (κ3) is 4.05. The van der Waals surface area contributed by atoms with Crippen LogP contribution in [0.4, 0.5) is 5.69 Å². The molecule has 1 amide bonds. The van der Waals surface area contributed by atoms with Gasteiger partial charge in [0.2, 0.25) is 0 Å². The zero-order valence-electron chi connectivity index (χ0n) is 16.2. The van der Waals surface area contributed by atoms with Gasteiger partial charge >= 0.3 is 5.97 Å². The first-order chi connectivity index (χ1) is 12.9. The maximum Gasteiger partial charge on any atom is 0.335 e. The van der Waals surface area contributed by atoms with Gasteiger partial charge in [-0.2, -0.15) is 5.10 Å². The molecule has 27 heavy (non-hydrogen) atoms. The summed E-state index contributed by atoms with van der Waals surface area (Å²) < 4.78 is 12.3. The number of hydrogen-bond donors (Lipinski definition) is 2. The Bertz CT molecular complexity index is 840. The smallest absolute Gasteiger partial charge is 0.335 e. The summed E-state index contributed by atoms with van der Waals surface area (Å²) in [5.41, 5.74) is 1.37. The van der Waals surface area contributed by atoms with E-state index in [-0.39, 0.29) is 28.8 Å². The molecule has 0 aliphatic carbocycles. The van der Waals surface area contributed by atoms with Crippen molar-refractivity contribution in [2.24, 2.45) is 0 Å². The van der Waals surface area contributed by atoms with Crippen molar-refractivity contribution in [1.29, 1.82) is 0 Å². The van der Waals surface area contributed by atoms with E-state index < -0.39 is 11.9 Å². The molecule has 0 spiro atoms. The number of aromatic nitrogens is 2. The summed E-state index contributed by atoms with van der Waals surface area (Å²) in [6.45, 7) is 5.98. The number of carboxylic acid groups (broad SMARTS) is 1. The van der Waals surface area contributed by atoms with E-state index in [2.05, 4.69) is 24.3 Å². The van der Waals surface area contributed by atoms with E-state index in [1.807, 2.05) is 11.6 Å². The van der Waals surface area contributed by atoms with E-state index >= 15 is 0 Å². The second kappa shape index (κ2) is 8.57. The summed E-state index contributed by atoms with van der Waals surface area (Å²) in [6, 6.07) is 2.90. The van der Waals surface area contributed by atoms with Crippen LogP contribution in [-0.2, 0) is 0 Å². The topological polar surface area (TPSA) is 103 Å². The second-order valence-corrected chi connectivity index (χ2v) is 6.08. The van der Waals surface area contributed by atoms with Crippen LogP contribution in [0.1, 0.15) is 59.1 Å². The Kier molecular flexibility index (Phi) is 6.44. The standard InChI is InChI=1S/C19H25N3O5/c1-6-13(7-2)22-11(3)14(10-20-22)18(23)21-15-8-12(19(24)25)9-16(26-4)17(15)27-5/h8-10,13H,6-7H2,1-5H3,(H,21,23)(H,24,25). The number of aromatic carboxylic acids is 1. The van der Waals surface area contributed by atoms with Gasteiger partial charge in [-0.1, -0.05) is 13.8 Å². The van der Waals surface area contributed by atoms with E-state index in [1.165, 1.54) is 32.5 Å². The number of benzene rings is 1. The molecule has 0 saturated carbocycles. The molecule has 2 rings (SSSR count). The molecular formula is C19H25N3O5. The molecule has 0 aliphatic heterocycles. The first-order valence-corrected chi connectivity index (χ1v) is 8.72. The minimum Gasteiger partial charge on any atom is -0.493 e. The number of ether oxygens (including phenoxy) is 2. The van der Waals surface area contributed by atoms with Crippen molar-refractivity contribution in [3.63, 3.8) is 0 Å². The molecule has 146 valence electrons. The van der Waals surface area contributed by atoms with E-state index in [4.69, 9.17) is 9.47 Å². The highest BCUT2D eigenvalue weighted by atomic mass is 16.5. The number of nitrogens with one attached hydrogen (secondary N) is 1. The van der Waals surface area contributed by atoms with Gasteiger partial charge in [-0.05, 0) is 31.9 Å². The Hall–Kier alpha value is -3.03. The summed E-state index contributed by atoms with van der Waals surface area (Å²) in [5.74, 6) is -1.06. The molecule has 0 radical (unpaired) electrons. The van der Waals surface area contributed by atoms with Crippen molar-refractivity contribution in [3.05, 3.63) is 35.2 Å². The summed E-state index contributed by atoms with van der Waals surface area (Å²) in [7, 11) is 2.82. The Morgan fingerprint density at radius 2 is 1.89 bits per heavy atom. The van der Waals surface area contributed by atoms with Crippen molar-refractivity contribution in [2.75, 3.05) is 19.5 Å². The Morgan fingerprint density at radius 1 is 1.22 bits per heavy atom. The van der Waals surface area contributed by atoms with Crippen molar-refractivity contribution in [2.45, 2.75) is 39.7 Å². The average molecular weight is 375 g/mol. The van der Waals surface area contributed by atoms with E-state index in [0.29, 0.717) is 5.56 Å². The molecule has 8 nitrogen and oxygen atoms in total. The van der Waals surface area contributed by atoms with Crippen molar-refractivity contribution in [1.82, 2.24) is 9.78 Å². The highest BCUT2D eigenvalue weighted by Gasteiger charge is 2.21. The van der Waals surface area contributed by atoms with Crippen LogP contribution < -0.4 is 14.8 Å². The molecule has 0 aliphatic rings. The molecule has 8 heteroatoms. The molecule has 0 atom stereocenters. The number of hydrogen-bond acceptors (Lipinski definition) is 5. The van der Waals surface area contributed by atoms with E-state index in [1.54, 1.807) is 0 Å². The molecule has 0 fully saturated rings. The normalized spacial score (nSPS) is 10.7. The SMILES string of the molecule is CCC(CC)n1ncc(C(=O)Nc2cc(C(=O)O)cc(OC)c2OC)c1C. The third-order valence-electron chi connectivity index (χ3n) is 4.55. The summed E-state index contributed by atoms with van der Waals surface area (Å²) >= 11 is 0. The molecule has 1 heterocycles. The maximum atomic E-state index is 12.8.